The van der Waals surface area contributed by atoms with Crippen LogP contribution in [0.2, 0.25) is 0 Å². The largest absolute Gasteiger partial charge is 0.480 e. The van der Waals surface area contributed by atoms with Crippen molar-refractivity contribution in [3.63, 3.8) is 0 Å². The molecule has 4 heteroatoms. The van der Waals surface area contributed by atoms with Crippen molar-refractivity contribution in [3.05, 3.63) is 70.5 Å². The van der Waals surface area contributed by atoms with Crippen molar-refractivity contribution in [2.24, 2.45) is 0 Å². The van der Waals surface area contributed by atoms with E-state index in [1.165, 1.54) is 17.7 Å². The molecule has 132 valence electrons. The van der Waals surface area contributed by atoms with E-state index < -0.39 is 12.0 Å². The van der Waals surface area contributed by atoms with E-state index in [2.05, 4.69) is 30.0 Å². The number of halogens is 1. The second kappa shape index (κ2) is 7.36. The number of benzene rings is 2. The molecule has 1 heterocycles. The second-order valence-electron chi connectivity index (χ2n) is 6.90. The number of aliphatic carboxylic acids is 1. The van der Waals surface area contributed by atoms with Crippen LogP contribution in [0.3, 0.4) is 0 Å². The molecule has 0 bridgehead atoms. The summed E-state index contributed by atoms with van der Waals surface area (Å²) < 4.78 is 13.4. The summed E-state index contributed by atoms with van der Waals surface area (Å²) in [5.74, 6) is -1.06. The monoisotopic (exact) mass is 341 g/mol. The summed E-state index contributed by atoms with van der Waals surface area (Å²) in [5.41, 5.74) is 4.32. The minimum atomic E-state index is -0.781. The molecule has 3 nitrogen and oxygen atoms in total. The van der Waals surface area contributed by atoms with Crippen LogP contribution in [0.1, 0.15) is 47.6 Å². The number of likely N-dealkylation sites (tertiary alicyclic amines) is 1. The van der Waals surface area contributed by atoms with E-state index in [-0.39, 0.29) is 11.9 Å². The molecule has 1 aliphatic heterocycles. The fourth-order valence-corrected chi connectivity index (χ4v) is 3.86. The summed E-state index contributed by atoms with van der Waals surface area (Å²) in [6, 6.07) is 12.0. The van der Waals surface area contributed by atoms with E-state index in [0.717, 1.165) is 36.1 Å². The average molecular weight is 341 g/mol. The molecule has 0 radical (unpaired) electrons. The molecule has 0 aliphatic carbocycles. The van der Waals surface area contributed by atoms with E-state index in [4.69, 9.17) is 0 Å². The molecule has 2 aromatic rings. The molecule has 0 saturated carbocycles. The summed E-state index contributed by atoms with van der Waals surface area (Å²) in [5, 5.41) is 9.71. The van der Waals surface area contributed by atoms with E-state index in [1.807, 2.05) is 6.92 Å². The van der Waals surface area contributed by atoms with Crippen LogP contribution in [-0.4, -0.2) is 28.6 Å². The first-order valence-corrected chi connectivity index (χ1v) is 8.78. The number of hydrogen-bond donors (Lipinski definition) is 1. The van der Waals surface area contributed by atoms with Gasteiger partial charge in [0.1, 0.15) is 11.9 Å². The van der Waals surface area contributed by atoms with Gasteiger partial charge in [-0.3, -0.25) is 9.69 Å². The van der Waals surface area contributed by atoms with Crippen LogP contribution in [0, 0.1) is 19.7 Å². The molecular weight excluding hydrogens is 317 g/mol. The molecule has 2 unspecified atom stereocenters. The predicted molar refractivity (Wildman–Crippen MR) is 96.1 cm³/mol. The zero-order valence-electron chi connectivity index (χ0n) is 14.7. The van der Waals surface area contributed by atoms with Gasteiger partial charge in [0.05, 0.1) is 6.04 Å². The van der Waals surface area contributed by atoms with Gasteiger partial charge in [-0.15, -0.1) is 0 Å². The summed E-state index contributed by atoms with van der Waals surface area (Å²) in [4.78, 5) is 13.9. The van der Waals surface area contributed by atoms with Gasteiger partial charge in [0.15, 0.2) is 0 Å². The van der Waals surface area contributed by atoms with Crippen molar-refractivity contribution >= 4 is 5.97 Å². The normalized spacial score (nSPS) is 19.6. The molecule has 25 heavy (non-hydrogen) atoms. The third-order valence-electron chi connectivity index (χ3n) is 5.07. The van der Waals surface area contributed by atoms with Crippen molar-refractivity contribution < 1.29 is 14.3 Å². The van der Waals surface area contributed by atoms with Crippen LogP contribution >= 0.6 is 0 Å². The number of nitrogens with zero attached hydrogens (tertiary/aromatic N) is 1. The molecule has 1 aliphatic rings. The average Bonchev–Trinajstić information content (AvgIpc) is 2.59. The van der Waals surface area contributed by atoms with Crippen LogP contribution in [0.15, 0.2) is 42.5 Å². The predicted octanol–water partition coefficient (Wildman–Crippen LogP) is 4.47. The lowest BCUT2D eigenvalue weighted by Crippen LogP contribution is -2.47. The number of aryl methyl sites for hydroxylation is 2. The first kappa shape index (κ1) is 17.6. The van der Waals surface area contributed by atoms with Gasteiger partial charge in [0, 0.05) is 0 Å². The Kier molecular flexibility index (Phi) is 5.19. The summed E-state index contributed by atoms with van der Waals surface area (Å²) in [6.45, 7) is 4.83. The zero-order chi connectivity index (χ0) is 18.0. The van der Waals surface area contributed by atoms with Gasteiger partial charge in [-0.05, 0) is 62.1 Å². The Morgan fingerprint density at radius 3 is 2.52 bits per heavy atom. The van der Waals surface area contributed by atoms with E-state index >= 15 is 0 Å². The van der Waals surface area contributed by atoms with Crippen LogP contribution in [0.4, 0.5) is 4.39 Å². The topological polar surface area (TPSA) is 40.5 Å². The maximum absolute atomic E-state index is 13.4. The van der Waals surface area contributed by atoms with Crippen LogP contribution < -0.4 is 0 Å². The van der Waals surface area contributed by atoms with Crippen molar-refractivity contribution in [3.8, 4) is 0 Å². The number of carbonyl (C=O) groups is 1. The molecule has 3 rings (SSSR count). The van der Waals surface area contributed by atoms with E-state index in [1.54, 1.807) is 12.1 Å². The van der Waals surface area contributed by atoms with Gasteiger partial charge < -0.3 is 5.11 Å². The highest BCUT2D eigenvalue weighted by Crippen LogP contribution is 2.36. The zero-order valence-corrected chi connectivity index (χ0v) is 14.7. The Labute approximate surface area is 148 Å². The highest BCUT2D eigenvalue weighted by atomic mass is 19.1. The maximum atomic E-state index is 13.4. The lowest BCUT2D eigenvalue weighted by molar-refractivity contribution is -0.145. The van der Waals surface area contributed by atoms with Gasteiger partial charge in [0.25, 0.3) is 0 Å². The summed E-state index contributed by atoms with van der Waals surface area (Å²) >= 11 is 0. The van der Waals surface area contributed by atoms with Gasteiger partial charge >= 0.3 is 5.97 Å². The van der Waals surface area contributed by atoms with E-state index in [9.17, 15) is 14.3 Å². The molecule has 1 N–H and O–H groups in total. The van der Waals surface area contributed by atoms with Crippen LogP contribution in [0.5, 0.6) is 0 Å². The molecule has 1 saturated heterocycles. The van der Waals surface area contributed by atoms with E-state index in [0.29, 0.717) is 6.42 Å². The van der Waals surface area contributed by atoms with Crippen LogP contribution in [-0.2, 0) is 4.79 Å². The summed E-state index contributed by atoms with van der Waals surface area (Å²) in [6.07, 6.45) is 2.56. The maximum Gasteiger partial charge on any atom is 0.320 e. The Bertz CT molecular complexity index is 757. The standard InChI is InChI=1S/C21H24FNO2/c1-14-6-11-18(15(2)13-14)20(16-7-9-17(22)10-8-16)23-12-4-3-5-19(23)21(24)25/h6-11,13,19-20H,3-5,12H2,1-2H3,(H,24,25). The van der Waals surface area contributed by atoms with Gasteiger partial charge in [-0.2, -0.15) is 0 Å². The van der Waals surface area contributed by atoms with Gasteiger partial charge in [-0.25, -0.2) is 4.39 Å². The number of carboxylic acid groups (broad SMARTS) is 1. The lowest BCUT2D eigenvalue weighted by Gasteiger charge is -2.40. The lowest BCUT2D eigenvalue weighted by atomic mass is 9.89. The van der Waals surface area contributed by atoms with Gasteiger partial charge in [-0.1, -0.05) is 42.3 Å². The first-order chi connectivity index (χ1) is 12.0. The van der Waals surface area contributed by atoms with Gasteiger partial charge in [0.2, 0.25) is 0 Å². The minimum absolute atomic E-state index is 0.178. The Morgan fingerprint density at radius 2 is 1.88 bits per heavy atom. The summed E-state index contributed by atoms with van der Waals surface area (Å²) in [7, 11) is 0. The number of carboxylic acids is 1. The number of hydrogen-bond acceptors (Lipinski definition) is 2. The number of piperidine rings is 1. The van der Waals surface area contributed by atoms with Crippen LogP contribution in [0.25, 0.3) is 0 Å². The quantitative estimate of drug-likeness (QED) is 0.892. The van der Waals surface area contributed by atoms with Crippen molar-refractivity contribution in [2.45, 2.75) is 45.2 Å². The molecule has 2 atom stereocenters. The van der Waals surface area contributed by atoms with Crippen molar-refractivity contribution in [2.75, 3.05) is 6.54 Å². The molecular formula is C21H24FNO2. The number of rotatable bonds is 4. The van der Waals surface area contributed by atoms with Crippen molar-refractivity contribution in [1.82, 2.24) is 4.90 Å². The molecule has 2 aromatic carbocycles. The first-order valence-electron chi connectivity index (χ1n) is 8.78. The molecule has 0 amide bonds. The Balaban J connectivity index is 2.10. The molecule has 1 fully saturated rings. The minimum Gasteiger partial charge on any atom is -0.480 e. The fourth-order valence-electron chi connectivity index (χ4n) is 3.86. The molecule has 0 aromatic heterocycles. The second-order valence-corrected chi connectivity index (χ2v) is 6.90. The Hall–Kier alpha value is -2.20. The molecule has 0 spiro atoms. The third kappa shape index (κ3) is 3.74. The smallest absolute Gasteiger partial charge is 0.320 e. The third-order valence-corrected chi connectivity index (χ3v) is 5.07. The fraction of sp³-hybridized carbons (Fsp3) is 0.381. The Morgan fingerprint density at radius 1 is 1.16 bits per heavy atom. The SMILES string of the molecule is Cc1ccc(C(c2ccc(F)cc2)N2CCCCC2C(=O)O)c(C)c1. The highest BCUT2D eigenvalue weighted by Gasteiger charge is 2.35. The highest BCUT2D eigenvalue weighted by molar-refractivity contribution is 5.73. The van der Waals surface area contributed by atoms with Crippen molar-refractivity contribution in [1.29, 1.82) is 0 Å².